The number of rotatable bonds is 2. The van der Waals surface area contributed by atoms with Gasteiger partial charge < -0.3 is 0 Å². The van der Waals surface area contributed by atoms with Gasteiger partial charge in [0.15, 0.2) is 0 Å². The number of imidazole rings is 1. The van der Waals surface area contributed by atoms with Crippen LogP contribution in [0, 0.1) is 9.39 Å². The number of aryl methyl sites for hydroxylation is 1. The fourth-order valence-electron chi connectivity index (χ4n) is 2.02. The highest BCUT2D eigenvalue weighted by molar-refractivity contribution is 14.1. The standard InChI is InChI=1S/C12H9ClFIN4/c1-18-6-7(5-16-18)19-11-2-8(14)9(15)3-10(11)17-12(19)4-13/h2-3,5-6H,4H2,1H3. The number of halogens is 3. The fourth-order valence-corrected chi connectivity index (χ4v) is 2.65. The molecule has 3 aromatic rings. The molecular weight excluding hydrogens is 382 g/mol. The molecule has 0 fully saturated rings. The van der Waals surface area contributed by atoms with Crippen molar-refractivity contribution in [1.29, 1.82) is 0 Å². The van der Waals surface area contributed by atoms with Crippen LogP contribution in [0.2, 0.25) is 0 Å². The van der Waals surface area contributed by atoms with E-state index in [0.29, 0.717) is 14.9 Å². The van der Waals surface area contributed by atoms with Gasteiger partial charge in [0.2, 0.25) is 0 Å². The maximum Gasteiger partial charge on any atom is 0.138 e. The number of hydrogen-bond acceptors (Lipinski definition) is 2. The fraction of sp³-hybridized carbons (Fsp3) is 0.167. The van der Waals surface area contributed by atoms with Gasteiger partial charge in [-0.1, -0.05) is 0 Å². The van der Waals surface area contributed by atoms with E-state index >= 15 is 0 Å². The van der Waals surface area contributed by atoms with Gasteiger partial charge in [0.05, 0.1) is 32.4 Å². The van der Waals surface area contributed by atoms with Gasteiger partial charge in [-0.15, -0.1) is 11.6 Å². The van der Waals surface area contributed by atoms with Crippen LogP contribution < -0.4 is 0 Å². The lowest BCUT2D eigenvalue weighted by Gasteiger charge is -2.04. The van der Waals surface area contributed by atoms with Crippen molar-refractivity contribution in [2.45, 2.75) is 5.88 Å². The van der Waals surface area contributed by atoms with Crippen LogP contribution in [-0.2, 0) is 12.9 Å². The second-order valence-corrected chi connectivity index (χ2v) is 5.55. The average molecular weight is 391 g/mol. The van der Waals surface area contributed by atoms with Crippen LogP contribution in [0.25, 0.3) is 16.7 Å². The Labute approximate surface area is 127 Å². The van der Waals surface area contributed by atoms with Crippen LogP contribution in [0.15, 0.2) is 24.5 Å². The largest absolute Gasteiger partial charge is 0.292 e. The minimum atomic E-state index is -0.265. The van der Waals surface area contributed by atoms with Gasteiger partial charge in [0, 0.05) is 19.3 Å². The van der Waals surface area contributed by atoms with E-state index in [1.807, 2.05) is 40.4 Å². The molecule has 0 saturated carbocycles. The van der Waals surface area contributed by atoms with Gasteiger partial charge in [0.1, 0.15) is 11.6 Å². The van der Waals surface area contributed by atoms with Crippen LogP contribution in [0.4, 0.5) is 4.39 Å². The first-order valence-electron chi connectivity index (χ1n) is 5.51. The summed E-state index contributed by atoms with van der Waals surface area (Å²) in [6.07, 6.45) is 3.54. The van der Waals surface area contributed by atoms with E-state index in [2.05, 4.69) is 10.1 Å². The van der Waals surface area contributed by atoms with E-state index < -0.39 is 0 Å². The van der Waals surface area contributed by atoms with Crippen LogP contribution in [0.3, 0.4) is 0 Å². The number of alkyl halides is 1. The Morgan fingerprint density at radius 2 is 2.21 bits per heavy atom. The van der Waals surface area contributed by atoms with Crippen molar-refractivity contribution in [3.8, 4) is 5.69 Å². The molecule has 0 unspecified atom stereocenters. The summed E-state index contributed by atoms with van der Waals surface area (Å²) in [5.41, 5.74) is 2.24. The Kier molecular flexibility index (Phi) is 3.22. The highest BCUT2D eigenvalue weighted by Crippen LogP contribution is 2.25. The Bertz CT molecular complexity index is 765. The van der Waals surface area contributed by atoms with E-state index in [-0.39, 0.29) is 11.7 Å². The summed E-state index contributed by atoms with van der Waals surface area (Å²) in [5.74, 6) is 0.659. The summed E-state index contributed by atoms with van der Waals surface area (Å²) in [5, 5.41) is 4.12. The van der Waals surface area contributed by atoms with E-state index in [1.165, 1.54) is 6.07 Å². The predicted molar refractivity (Wildman–Crippen MR) is 80.1 cm³/mol. The molecule has 0 saturated heterocycles. The molecule has 0 atom stereocenters. The quantitative estimate of drug-likeness (QED) is 0.497. The predicted octanol–water partition coefficient (Wildman–Crippen LogP) is 3.24. The molecule has 2 heterocycles. The SMILES string of the molecule is Cn1cc(-n2c(CCl)nc3cc(I)c(F)cc32)cn1. The summed E-state index contributed by atoms with van der Waals surface area (Å²) in [7, 11) is 1.83. The lowest BCUT2D eigenvalue weighted by atomic mass is 10.3. The third-order valence-electron chi connectivity index (χ3n) is 2.83. The van der Waals surface area contributed by atoms with E-state index in [0.717, 1.165) is 11.2 Å². The number of aromatic nitrogens is 4. The first-order valence-corrected chi connectivity index (χ1v) is 7.13. The molecule has 2 aromatic heterocycles. The third kappa shape index (κ3) is 2.12. The van der Waals surface area contributed by atoms with E-state index in [4.69, 9.17) is 11.6 Å². The maximum atomic E-state index is 13.8. The summed E-state index contributed by atoms with van der Waals surface area (Å²) >= 11 is 7.88. The monoisotopic (exact) mass is 390 g/mol. The molecule has 7 heteroatoms. The van der Waals surface area contributed by atoms with Crippen LogP contribution >= 0.6 is 34.2 Å². The zero-order valence-corrected chi connectivity index (χ0v) is 12.9. The number of benzene rings is 1. The van der Waals surface area contributed by atoms with E-state index in [9.17, 15) is 4.39 Å². The zero-order valence-electron chi connectivity index (χ0n) is 9.94. The van der Waals surface area contributed by atoms with Crippen molar-refractivity contribution in [2.24, 2.45) is 7.05 Å². The van der Waals surface area contributed by atoms with Gasteiger partial charge in [-0.25, -0.2) is 9.37 Å². The second kappa shape index (κ2) is 4.75. The van der Waals surface area contributed by atoms with Crippen LogP contribution in [0.5, 0.6) is 0 Å². The van der Waals surface area contributed by atoms with E-state index in [1.54, 1.807) is 16.9 Å². The van der Waals surface area contributed by atoms with Crippen molar-refractivity contribution in [1.82, 2.24) is 19.3 Å². The number of hydrogen-bond donors (Lipinski definition) is 0. The summed E-state index contributed by atoms with van der Waals surface area (Å²) in [6, 6.07) is 3.20. The molecule has 98 valence electrons. The molecule has 0 aliphatic heterocycles. The molecule has 1 aromatic carbocycles. The highest BCUT2D eigenvalue weighted by Gasteiger charge is 2.15. The zero-order chi connectivity index (χ0) is 13.6. The average Bonchev–Trinajstić information content (AvgIpc) is 2.93. The van der Waals surface area contributed by atoms with Crippen molar-refractivity contribution < 1.29 is 4.39 Å². The summed E-state index contributed by atoms with van der Waals surface area (Å²) in [6.45, 7) is 0. The van der Waals surface area contributed by atoms with Crippen LogP contribution in [-0.4, -0.2) is 19.3 Å². The first kappa shape index (κ1) is 12.9. The lowest BCUT2D eigenvalue weighted by Crippen LogP contribution is -1.98. The Hall–Kier alpha value is -1.15. The minimum Gasteiger partial charge on any atom is -0.292 e. The minimum absolute atomic E-state index is 0.252. The van der Waals surface area contributed by atoms with Crippen molar-refractivity contribution >= 4 is 45.2 Å². The second-order valence-electron chi connectivity index (χ2n) is 4.12. The Morgan fingerprint density at radius 1 is 1.42 bits per heavy atom. The molecule has 0 amide bonds. The van der Waals surface area contributed by atoms with Crippen LogP contribution in [0.1, 0.15) is 5.82 Å². The first-order chi connectivity index (χ1) is 9.10. The van der Waals surface area contributed by atoms with Gasteiger partial charge in [0.25, 0.3) is 0 Å². The Morgan fingerprint density at radius 3 is 2.84 bits per heavy atom. The molecule has 4 nitrogen and oxygen atoms in total. The molecule has 3 rings (SSSR count). The molecule has 19 heavy (non-hydrogen) atoms. The molecule has 0 radical (unpaired) electrons. The number of fused-ring (bicyclic) bond motifs is 1. The summed E-state index contributed by atoms with van der Waals surface area (Å²) in [4.78, 5) is 4.44. The maximum absolute atomic E-state index is 13.8. The third-order valence-corrected chi connectivity index (χ3v) is 3.90. The molecular formula is C12H9ClFIN4. The van der Waals surface area contributed by atoms with Gasteiger partial charge in [-0.05, 0) is 28.7 Å². The lowest BCUT2D eigenvalue weighted by molar-refractivity contribution is 0.622. The normalized spacial score (nSPS) is 11.4. The van der Waals surface area contributed by atoms with Gasteiger partial charge in [-0.2, -0.15) is 5.10 Å². The summed E-state index contributed by atoms with van der Waals surface area (Å²) < 4.78 is 17.8. The topological polar surface area (TPSA) is 35.6 Å². The molecule has 0 aliphatic carbocycles. The van der Waals surface area contributed by atoms with Crippen molar-refractivity contribution in [3.05, 3.63) is 39.7 Å². The Balaban J connectivity index is 2.35. The van der Waals surface area contributed by atoms with Gasteiger partial charge in [-0.3, -0.25) is 9.25 Å². The molecule has 0 aliphatic rings. The van der Waals surface area contributed by atoms with Crippen molar-refractivity contribution in [2.75, 3.05) is 0 Å². The number of nitrogens with zero attached hydrogens (tertiary/aromatic N) is 4. The van der Waals surface area contributed by atoms with Gasteiger partial charge >= 0.3 is 0 Å². The van der Waals surface area contributed by atoms with Crippen molar-refractivity contribution in [3.63, 3.8) is 0 Å². The smallest absolute Gasteiger partial charge is 0.138 e. The highest BCUT2D eigenvalue weighted by atomic mass is 127. The molecule has 0 N–H and O–H groups in total. The molecule has 0 bridgehead atoms. The molecule has 0 spiro atoms.